The Bertz CT molecular complexity index is 427. The van der Waals surface area contributed by atoms with Crippen LogP contribution in [0.4, 0.5) is 0 Å². The summed E-state index contributed by atoms with van der Waals surface area (Å²) >= 11 is 0. The lowest BCUT2D eigenvalue weighted by molar-refractivity contribution is 0.299. The van der Waals surface area contributed by atoms with Crippen LogP contribution in [0.15, 0.2) is 0 Å². The van der Waals surface area contributed by atoms with Crippen molar-refractivity contribution in [1.29, 1.82) is 0 Å². The first-order valence-electron chi connectivity index (χ1n) is 6.07. The van der Waals surface area contributed by atoms with Crippen LogP contribution in [0, 0.1) is 0 Å². The van der Waals surface area contributed by atoms with Crippen LogP contribution >= 0.6 is 12.4 Å². The molecule has 5 heteroatoms. The van der Waals surface area contributed by atoms with Crippen LogP contribution in [0.5, 0.6) is 17.2 Å². The fourth-order valence-electron chi connectivity index (χ4n) is 2.81. The first kappa shape index (κ1) is 13.3. The third kappa shape index (κ3) is 1.80. The Balaban J connectivity index is 0.00000120. The van der Waals surface area contributed by atoms with Gasteiger partial charge in [0.15, 0.2) is 11.5 Å². The molecule has 0 amide bonds. The molecule has 1 aromatic rings. The maximum Gasteiger partial charge on any atom is 0.203 e. The minimum atomic E-state index is 0. The van der Waals surface area contributed by atoms with E-state index in [4.69, 9.17) is 19.9 Å². The van der Waals surface area contributed by atoms with Gasteiger partial charge in [0.25, 0.3) is 0 Å². The molecule has 2 aliphatic rings. The molecule has 0 atom stereocenters. The zero-order chi connectivity index (χ0) is 11.8. The molecule has 0 aliphatic carbocycles. The van der Waals surface area contributed by atoms with Crippen LogP contribution in [-0.2, 0) is 19.3 Å². The predicted octanol–water partition coefficient (Wildman–Crippen LogP) is 1.49. The van der Waals surface area contributed by atoms with E-state index < -0.39 is 0 Å². The lowest BCUT2D eigenvalue weighted by atomic mass is 9.94. The molecule has 0 unspecified atom stereocenters. The second-order valence-corrected chi connectivity index (χ2v) is 4.36. The Morgan fingerprint density at radius 3 is 2.11 bits per heavy atom. The SMILES string of the molecule is COc1c2c(c(CCN)c3c1OCC3)CCO2.Cl. The molecule has 0 bridgehead atoms. The number of benzene rings is 1. The fraction of sp³-hybridized carbons (Fsp3) is 0.538. The number of hydrogen-bond donors (Lipinski definition) is 1. The van der Waals surface area contributed by atoms with Gasteiger partial charge in [-0.2, -0.15) is 0 Å². The van der Waals surface area contributed by atoms with Crippen LogP contribution in [0.25, 0.3) is 0 Å². The Hall–Kier alpha value is -1.13. The summed E-state index contributed by atoms with van der Waals surface area (Å²) in [6.07, 6.45) is 2.80. The van der Waals surface area contributed by atoms with Crippen molar-refractivity contribution in [1.82, 2.24) is 0 Å². The molecule has 2 aliphatic heterocycles. The van der Waals surface area contributed by atoms with Crippen molar-refractivity contribution in [3.8, 4) is 17.2 Å². The smallest absolute Gasteiger partial charge is 0.203 e. The largest absolute Gasteiger partial charge is 0.490 e. The monoisotopic (exact) mass is 271 g/mol. The first-order valence-corrected chi connectivity index (χ1v) is 6.07. The predicted molar refractivity (Wildman–Crippen MR) is 71.4 cm³/mol. The molecular weight excluding hydrogens is 254 g/mol. The Labute approximate surface area is 113 Å². The third-order valence-corrected chi connectivity index (χ3v) is 3.48. The molecule has 18 heavy (non-hydrogen) atoms. The fourth-order valence-corrected chi connectivity index (χ4v) is 2.81. The molecule has 0 fully saturated rings. The van der Waals surface area contributed by atoms with E-state index in [1.54, 1.807) is 7.11 Å². The molecule has 0 saturated carbocycles. The maximum atomic E-state index is 5.71. The normalized spacial score (nSPS) is 15.2. The van der Waals surface area contributed by atoms with E-state index in [9.17, 15) is 0 Å². The van der Waals surface area contributed by atoms with Crippen molar-refractivity contribution >= 4 is 12.4 Å². The lowest BCUT2D eigenvalue weighted by Crippen LogP contribution is -2.07. The summed E-state index contributed by atoms with van der Waals surface area (Å²) < 4.78 is 16.8. The molecular formula is C13H18ClNO3. The van der Waals surface area contributed by atoms with Crippen molar-refractivity contribution < 1.29 is 14.2 Å². The molecule has 0 spiro atoms. The van der Waals surface area contributed by atoms with E-state index in [0.29, 0.717) is 6.54 Å². The van der Waals surface area contributed by atoms with Crippen LogP contribution < -0.4 is 19.9 Å². The molecule has 0 radical (unpaired) electrons. The summed E-state index contributed by atoms with van der Waals surface area (Å²) in [5.41, 5.74) is 9.58. The van der Waals surface area contributed by atoms with Gasteiger partial charge in [-0.1, -0.05) is 0 Å². The number of hydrogen-bond acceptors (Lipinski definition) is 4. The van der Waals surface area contributed by atoms with Crippen LogP contribution in [0.2, 0.25) is 0 Å². The van der Waals surface area contributed by atoms with E-state index in [0.717, 1.165) is 49.7 Å². The van der Waals surface area contributed by atoms with Gasteiger partial charge in [0, 0.05) is 24.0 Å². The quantitative estimate of drug-likeness (QED) is 0.905. The van der Waals surface area contributed by atoms with Crippen LogP contribution in [0.3, 0.4) is 0 Å². The van der Waals surface area contributed by atoms with Crippen molar-refractivity contribution in [2.45, 2.75) is 19.3 Å². The first-order chi connectivity index (χ1) is 8.36. The minimum Gasteiger partial charge on any atom is -0.490 e. The Kier molecular flexibility index (Phi) is 3.88. The third-order valence-electron chi connectivity index (χ3n) is 3.48. The summed E-state index contributed by atoms with van der Waals surface area (Å²) in [5.74, 6) is 2.51. The summed E-state index contributed by atoms with van der Waals surface area (Å²) in [5, 5.41) is 0. The average molecular weight is 272 g/mol. The number of rotatable bonds is 3. The van der Waals surface area contributed by atoms with Gasteiger partial charge < -0.3 is 19.9 Å². The highest BCUT2D eigenvalue weighted by Crippen LogP contribution is 2.49. The van der Waals surface area contributed by atoms with Gasteiger partial charge in [-0.05, 0) is 18.5 Å². The zero-order valence-electron chi connectivity index (χ0n) is 10.5. The lowest BCUT2D eigenvalue weighted by Gasteiger charge is -2.16. The molecule has 4 nitrogen and oxygen atoms in total. The van der Waals surface area contributed by atoms with E-state index in [1.165, 1.54) is 16.7 Å². The molecule has 2 N–H and O–H groups in total. The zero-order valence-corrected chi connectivity index (χ0v) is 11.3. The van der Waals surface area contributed by atoms with Gasteiger partial charge in [0.1, 0.15) is 0 Å². The van der Waals surface area contributed by atoms with Crippen LogP contribution in [-0.4, -0.2) is 26.9 Å². The standard InChI is InChI=1S/C13H17NO3.ClH/c1-15-13-11-9(3-6-16-11)8(2-5-14)10-4-7-17-12(10)13;/h2-7,14H2,1H3;1H. The molecule has 2 heterocycles. The second kappa shape index (κ2) is 5.24. The van der Waals surface area contributed by atoms with Crippen molar-refractivity contribution in [3.05, 3.63) is 16.7 Å². The van der Waals surface area contributed by atoms with E-state index in [2.05, 4.69) is 0 Å². The van der Waals surface area contributed by atoms with Gasteiger partial charge in [0.05, 0.1) is 20.3 Å². The van der Waals surface area contributed by atoms with Crippen molar-refractivity contribution in [2.24, 2.45) is 5.73 Å². The van der Waals surface area contributed by atoms with E-state index in [1.807, 2.05) is 0 Å². The molecule has 0 saturated heterocycles. The minimum absolute atomic E-state index is 0. The topological polar surface area (TPSA) is 53.7 Å². The van der Waals surface area contributed by atoms with E-state index in [-0.39, 0.29) is 12.4 Å². The van der Waals surface area contributed by atoms with Gasteiger partial charge in [-0.25, -0.2) is 0 Å². The van der Waals surface area contributed by atoms with Crippen LogP contribution in [0.1, 0.15) is 16.7 Å². The average Bonchev–Trinajstić information content (AvgIpc) is 2.96. The summed E-state index contributed by atoms with van der Waals surface area (Å²) in [6.45, 7) is 2.11. The number of halogens is 1. The molecule has 0 aromatic heterocycles. The second-order valence-electron chi connectivity index (χ2n) is 4.36. The molecule has 100 valence electrons. The molecule has 3 rings (SSSR count). The Morgan fingerprint density at radius 1 is 1.11 bits per heavy atom. The number of methoxy groups -OCH3 is 1. The van der Waals surface area contributed by atoms with Gasteiger partial charge in [-0.15, -0.1) is 12.4 Å². The molecule has 1 aromatic carbocycles. The number of fused-ring (bicyclic) bond motifs is 2. The van der Waals surface area contributed by atoms with Gasteiger partial charge in [0.2, 0.25) is 5.75 Å². The highest BCUT2D eigenvalue weighted by molar-refractivity contribution is 5.85. The highest BCUT2D eigenvalue weighted by Gasteiger charge is 2.31. The number of nitrogens with two attached hydrogens (primary N) is 1. The summed E-state index contributed by atoms with van der Waals surface area (Å²) in [6, 6.07) is 0. The Morgan fingerprint density at radius 2 is 1.67 bits per heavy atom. The van der Waals surface area contributed by atoms with Crippen molar-refractivity contribution in [2.75, 3.05) is 26.9 Å². The number of ether oxygens (including phenoxy) is 3. The summed E-state index contributed by atoms with van der Waals surface area (Å²) in [7, 11) is 1.67. The highest BCUT2D eigenvalue weighted by atomic mass is 35.5. The van der Waals surface area contributed by atoms with Gasteiger partial charge >= 0.3 is 0 Å². The van der Waals surface area contributed by atoms with E-state index >= 15 is 0 Å². The maximum absolute atomic E-state index is 5.71. The summed E-state index contributed by atoms with van der Waals surface area (Å²) in [4.78, 5) is 0. The van der Waals surface area contributed by atoms with Gasteiger partial charge in [-0.3, -0.25) is 0 Å². The van der Waals surface area contributed by atoms with Crippen molar-refractivity contribution in [3.63, 3.8) is 0 Å².